The van der Waals surface area contributed by atoms with Crippen LogP contribution in [0.15, 0.2) is 29.1 Å². The van der Waals surface area contributed by atoms with E-state index in [-0.39, 0.29) is 0 Å². The number of hydrogen-bond acceptors (Lipinski definition) is 4. The van der Waals surface area contributed by atoms with Crippen molar-refractivity contribution in [3.63, 3.8) is 0 Å². The van der Waals surface area contributed by atoms with Crippen molar-refractivity contribution in [1.29, 1.82) is 0 Å². The number of esters is 1. The van der Waals surface area contributed by atoms with Crippen molar-refractivity contribution in [1.82, 2.24) is 14.8 Å². The van der Waals surface area contributed by atoms with Crippen molar-refractivity contribution in [3.05, 3.63) is 39.7 Å². The van der Waals surface area contributed by atoms with Crippen LogP contribution in [0.1, 0.15) is 17.3 Å². The second kappa shape index (κ2) is 5.49. The zero-order chi connectivity index (χ0) is 13.1. The summed E-state index contributed by atoms with van der Waals surface area (Å²) in [5, 5.41) is 4.47. The van der Waals surface area contributed by atoms with Gasteiger partial charge >= 0.3 is 5.97 Å². The molecule has 0 atom stereocenters. The highest BCUT2D eigenvalue weighted by Gasteiger charge is 2.12. The molecule has 0 spiro atoms. The van der Waals surface area contributed by atoms with Gasteiger partial charge in [-0.1, -0.05) is 11.6 Å². The van der Waals surface area contributed by atoms with Gasteiger partial charge < -0.3 is 4.74 Å². The van der Waals surface area contributed by atoms with Crippen LogP contribution in [-0.2, 0) is 4.74 Å². The van der Waals surface area contributed by atoms with Crippen LogP contribution in [0.25, 0.3) is 5.82 Å². The first-order chi connectivity index (χ1) is 8.61. The fourth-order valence-corrected chi connectivity index (χ4v) is 2.05. The summed E-state index contributed by atoms with van der Waals surface area (Å²) in [5.41, 5.74) is 0.359. The molecule has 0 N–H and O–H groups in total. The minimum atomic E-state index is -0.419. The van der Waals surface area contributed by atoms with Crippen molar-refractivity contribution in [2.75, 3.05) is 6.61 Å². The summed E-state index contributed by atoms with van der Waals surface area (Å²) < 4.78 is 7.08. The molecule has 0 saturated heterocycles. The molecule has 0 aliphatic heterocycles. The molecule has 0 amide bonds. The Morgan fingerprint density at radius 2 is 2.33 bits per heavy atom. The molecule has 0 fully saturated rings. The average Bonchev–Trinajstić information content (AvgIpc) is 2.78. The number of aromatic nitrogens is 3. The molecule has 0 saturated carbocycles. The highest BCUT2D eigenvalue weighted by Crippen LogP contribution is 2.21. The predicted octanol–water partition coefficient (Wildman–Crippen LogP) is 2.86. The Bertz CT molecular complexity index is 585. The summed E-state index contributed by atoms with van der Waals surface area (Å²) in [6, 6.07) is 1.70. The van der Waals surface area contributed by atoms with Gasteiger partial charge in [0.1, 0.15) is 0 Å². The molecule has 7 heteroatoms. The van der Waals surface area contributed by atoms with Crippen molar-refractivity contribution in [2.24, 2.45) is 0 Å². The van der Waals surface area contributed by atoms with Gasteiger partial charge in [-0.2, -0.15) is 5.10 Å². The lowest BCUT2D eigenvalue weighted by molar-refractivity contribution is 0.0526. The number of rotatable bonds is 3. The second-order valence-corrected chi connectivity index (χ2v) is 4.68. The Morgan fingerprint density at radius 1 is 1.56 bits per heavy atom. The van der Waals surface area contributed by atoms with E-state index in [1.807, 2.05) is 0 Å². The van der Waals surface area contributed by atoms with Crippen LogP contribution >= 0.6 is 27.5 Å². The molecule has 0 aromatic carbocycles. The smallest absolute Gasteiger partial charge is 0.341 e. The third-order valence-corrected chi connectivity index (χ3v) is 2.81. The van der Waals surface area contributed by atoms with Crippen LogP contribution in [0.3, 0.4) is 0 Å². The largest absolute Gasteiger partial charge is 0.462 e. The standard InChI is InChI=1S/C11H9BrClN3O2/c1-2-18-11(17)7-4-15-16(6-7)10-9(13)3-8(12)5-14-10/h3-6H,2H2,1H3. The SMILES string of the molecule is CCOC(=O)c1cnn(-c2ncc(Br)cc2Cl)c1. The van der Waals surface area contributed by atoms with Crippen LogP contribution < -0.4 is 0 Å². The molecule has 2 aromatic rings. The van der Waals surface area contributed by atoms with Gasteiger partial charge in [-0.15, -0.1) is 0 Å². The molecule has 2 aromatic heterocycles. The summed E-state index contributed by atoms with van der Waals surface area (Å²) in [4.78, 5) is 15.6. The van der Waals surface area contributed by atoms with Crippen molar-refractivity contribution < 1.29 is 9.53 Å². The highest BCUT2D eigenvalue weighted by molar-refractivity contribution is 9.10. The summed E-state index contributed by atoms with van der Waals surface area (Å²) in [6.45, 7) is 2.07. The number of carbonyl (C=O) groups excluding carboxylic acids is 1. The van der Waals surface area contributed by atoms with Crippen LogP contribution in [0.4, 0.5) is 0 Å². The Hall–Kier alpha value is -1.40. The Morgan fingerprint density at radius 3 is 3.00 bits per heavy atom. The molecule has 0 unspecified atom stereocenters. The number of ether oxygens (including phenoxy) is 1. The van der Waals surface area contributed by atoms with Gasteiger partial charge in [-0.3, -0.25) is 0 Å². The van der Waals surface area contributed by atoms with Crippen molar-refractivity contribution in [2.45, 2.75) is 6.92 Å². The monoisotopic (exact) mass is 329 g/mol. The molecular weight excluding hydrogens is 321 g/mol. The number of halogens is 2. The fraction of sp³-hybridized carbons (Fsp3) is 0.182. The molecule has 0 aliphatic carbocycles. The molecule has 0 radical (unpaired) electrons. The summed E-state index contributed by atoms with van der Waals surface area (Å²) in [6.07, 6.45) is 4.55. The minimum Gasteiger partial charge on any atom is -0.462 e. The maximum absolute atomic E-state index is 11.5. The number of pyridine rings is 1. The number of carbonyl (C=O) groups is 1. The summed E-state index contributed by atoms with van der Waals surface area (Å²) >= 11 is 9.31. The average molecular weight is 331 g/mol. The lowest BCUT2D eigenvalue weighted by Crippen LogP contribution is -2.03. The van der Waals surface area contributed by atoms with Crippen LogP contribution in [0.2, 0.25) is 5.02 Å². The fourth-order valence-electron chi connectivity index (χ4n) is 1.33. The molecule has 18 heavy (non-hydrogen) atoms. The van der Waals surface area contributed by atoms with Crippen LogP contribution in [0.5, 0.6) is 0 Å². The highest BCUT2D eigenvalue weighted by atomic mass is 79.9. The maximum Gasteiger partial charge on any atom is 0.341 e. The molecule has 0 aliphatic rings. The quantitative estimate of drug-likeness (QED) is 0.812. The van der Waals surface area contributed by atoms with E-state index in [1.54, 1.807) is 19.2 Å². The van der Waals surface area contributed by atoms with E-state index in [9.17, 15) is 4.79 Å². The van der Waals surface area contributed by atoms with Gasteiger partial charge in [0.25, 0.3) is 0 Å². The molecule has 94 valence electrons. The van der Waals surface area contributed by atoms with E-state index in [0.29, 0.717) is 23.0 Å². The van der Waals surface area contributed by atoms with E-state index in [1.165, 1.54) is 17.1 Å². The van der Waals surface area contributed by atoms with Gasteiger partial charge in [0.2, 0.25) is 0 Å². The van der Waals surface area contributed by atoms with Gasteiger partial charge in [-0.05, 0) is 28.9 Å². The van der Waals surface area contributed by atoms with E-state index in [2.05, 4.69) is 26.0 Å². The summed E-state index contributed by atoms with van der Waals surface area (Å²) in [5.74, 6) is 0.0346. The first kappa shape index (κ1) is 13.0. The van der Waals surface area contributed by atoms with Crippen molar-refractivity contribution in [3.8, 4) is 5.82 Å². The second-order valence-electron chi connectivity index (χ2n) is 3.35. The molecular formula is C11H9BrClN3O2. The normalized spacial score (nSPS) is 10.4. The number of nitrogens with zero attached hydrogens (tertiary/aromatic N) is 3. The van der Waals surface area contributed by atoms with Gasteiger partial charge in [0.15, 0.2) is 5.82 Å². The Labute approximate surface area is 117 Å². The molecule has 2 heterocycles. The predicted molar refractivity (Wildman–Crippen MR) is 70.0 cm³/mol. The van der Waals surface area contributed by atoms with E-state index >= 15 is 0 Å². The Balaban J connectivity index is 2.32. The maximum atomic E-state index is 11.5. The topological polar surface area (TPSA) is 57.0 Å². The first-order valence-electron chi connectivity index (χ1n) is 5.15. The van der Waals surface area contributed by atoms with Gasteiger partial charge in [0, 0.05) is 16.9 Å². The molecule has 2 rings (SSSR count). The number of hydrogen-bond donors (Lipinski definition) is 0. The summed E-state index contributed by atoms with van der Waals surface area (Å²) in [7, 11) is 0. The molecule has 0 bridgehead atoms. The third kappa shape index (κ3) is 2.70. The van der Waals surface area contributed by atoms with Gasteiger partial charge in [0.05, 0.1) is 23.4 Å². The van der Waals surface area contributed by atoms with E-state index < -0.39 is 5.97 Å². The molecule has 5 nitrogen and oxygen atoms in total. The third-order valence-electron chi connectivity index (χ3n) is 2.10. The first-order valence-corrected chi connectivity index (χ1v) is 6.32. The van der Waals surface area contributed by atoms with E-state index in [4.69, 9.17) is 16.3 Å². The lowest BCUT2D eigenvalue weighted by Gasteiger charge is -2.02. The van der Waals surface area contributed by atoms with Gasteiger partial charge in [-0.25, -0.2) is 14.5 Å². The zero-order valence-electron chi connectivity index (χ0n) is 9.43. The minimum absolute atomic E-state index is 0.321. The van der Waals surface area contributed by atoms with E-state index in [0.717, 1.165) is 4.47 Å². The van der Waals surface area contributed by atoms with Crippen molar-refractivity contribution >= 4 is 33.5 Å². The Kier molecular flexibility index (Phi) is 3.98. The van der Waals surface area contributed by atoms with Crippen LogP contribution in [0, 0.1) is 0 Å². The van der Waals surface area contributed by atoms with Crippen LogP contribution in [-0.4, -0.2) is 27.3 Å². The zero-order valence-corrected chi connectivity index (χ0v) is 11.8. The lowest BCUT2D eigenvalue weighted by atomic mass is 10.4.